The van der Waals surface area contributed by atoms with Crippen molar-refractivity contribution in [3.8, 4) is 28.5 Å². The zero-order valence-corrected chi connectivity index (χ0v) is 15.7. The summed E-state index contributed by atoms with van der Waals surface area (Å²) in [6, 6.07) is 18.6. The molecule has 0 bridgehead atoms. The summed E-state index contributed by atoms with van der Waals surface area (Å²) < 4.78 is 16.1. The predicted octanol–water partition coefficient (Wildman–Crippen LogP) is 3.26. The van der Waals surface area contributed by atoms with Crippen molar-refractivity contribution in [1.82, 2.24) is 20.7 Å². The summed E-state index contributed by atoms with van der Waals surface area (Å²) in [6.07, 6.45) is 0.0765. The van der Waals surface area contributed by atoms with Crippen molar-refractivity contribution < 1.29 is 18.5 Å². The van der Waals surface area contributed by atoms with Gasteiger partial charge in [-0.25, -0.2) is 0 Å². The smallest absolute Gasteiger partial charge is 0.247 e. The molecule has 0 unspecified atom stereocenters. The predicted molar refractivity (Wildman–Crippen MR) is 104 cm³/mol. The van der Waals surface area contributed by atoms with Crippen LogP contribution in [0.4, 0.5) is 0 Å². The number of ether oxygens (including phenoxy) is 1. The van der Waals surface area contributed by atoms with E-state index in [2.05, 4.69) is 20.7 Å². The fourth-order valence-corrected chi connectivity index (χ4v) is 2.73. The monoisotopic (exact) mass is 390 g/mol. The lowest BCUT2D eigenvalue weighted by Gasteiger charge is -2.00. The average Bonchev–Trinajstić information content (AvgIpc) is 3.43. The molecule has 2 aromatic heterocycles. The van der Waals surface area contributed by atoms with Crippen LogP contribution in [0, 0.1) is 0 Å². The number of nitrogens with zero attached hydrogens (tertiary/aromatic N) is 3. The lowest BCUT2D eigenvalue weighted by Crippen LogP contribution is -2.24. The van der Waals surface area contributed by atoms with Gasteiger partial charge in [-0.3, -0.25) is 4.79 Å². The van der Waals surface area contributed by atoms with Gasteiger partial charge in [-0.15, -0.1) is 10.2 Å². The molecule has 4 aromatic rings. The number of benzene rings is 2. The Bertz CT molecular complexity index is 1100. The Labute approximate surface area is 166 Å². The first-order chi connectivity index (χ1) is 14.2. The Balaban J connectivity index is 1.34. The van der Waals surface area contributed by atoms with Crippen LogP contribution in [0.2, 0.25) is 0 Å². The van der Waals surface area contributed by atoms with Crippen molar-refractivity contribution in [3.05, 3.63) is 72.2 Å². The van der Waals surface area contributed by atoms with Gasteiger partial charge in [0.05, 0.1) is 25.8 Å². The standard InChI is InChI=1S/C21H18N4O4/c1-27-17-9-5-8-15(10-17)18-11-16(25-29-18)12-19(26)22-13-20-23-24-21(28-20)14-6-3-2-4-7-14/h2-11H,12-13H2,1H3,(H,22,26). The molecule has 0 aliphatic rings. The van der Waals surface area contributed by atoms with E-state index in [4.69, 9.17) is 13.7 Å². The average molecular weight is 390 g/mol. The minimum absolute atomic E-state index is 0.0765. The normalized spacial score (nSPS) is 10.7. The van der Waals surface area contributed by atoms with Gasteiger partial charge in [0, 0.05) is 17.2 Å². The molecule has 1 N–H and O–H groups in total. The maximum Gasteiger partial charge on any atom is 0.247 e. The Kier molecular flexibility index (Phi) is 5.33. The van der Waals surface area contributed by atoms with E-state index in [1.165, 1.54) is 0 Å². The summed E-state index contributed by atoms with van der Waals surface area (Å²) in [5.74, 6) is 1.79. The molecule has 146 valence electrons. The van der Waals surface area contributed by atoms with Crippen LogP contribution in [0.3, 0.4) is 0 Å². The second kappa shape index (κ2) is 8.39. The molecule has 4 rings (SSSR count). The third-order valence-corrected chi connectivity index (χ3v) is 4.18. The van der Waals surface area contributed by atoms with Crippen molar-refractivity contribution in [2.45, 2.75) is 13.0 Å². The van der Waals surface area contributed by atoms with Crippen molar-refractivity contribution in [1.29, 1.82) is 0 Å². The molecule has 2 heterocycles. The van der Waals surface area contributed by atoms with Gasteiger partial charge in [0.2, 0.25) is 17.7 Å². The minimum atomic E-state index is -0.227. The molecule has 8 nitrogen and oxygen atoms in total. The number of aromatic nitrogens is 3. The van der Waals surface area contributed by atoms with E-state index in [0.717, 1.165) is 11.1 Å². The molecule has 1 amide bonds. The van der Waals surface area contributed by atoms with Crippen LogP contribution in [0.5, 0.6) is 5.75 Å². The number of nitrogens with one attached hydrogen (secondary N) is 1. The third kappa shape index (κ3) is 4.49. The van der Waals surface area contributed by atoms with Crippen molar-refractivity contribution >= 4 is 5.91 Å². The lowest BCUT2D eigenvalue weighted by atomic mass is 10.1. The summed E-state index contributed by atoms with van der Waals surface area (Å²) >= 11 is 0. The zero-order valence-electron chi connectivity index (χ0n) is 15.7. The van der Waals surface area contributed by atoms with Gasteiger partial charge in [-0.1, -0.05) is 35.5 Å². The molecule has 0 aliphatic heterocycles. The quantitative estimate of drug-likeness (QED) is 0.516. The number of amides is 1. The van der Waals surface area contributed by atoms with Gasteiger partial charge in [0.1, 0.15) is 5.75 Å². The number of hydrogen-bond acceptors (Lipinski definition) is 7. The fourth-order valence-electron chi connectivity index (χ4n) is 2.73. The third-order valence-electron chi connectivity index (χ3n) is 4.18. The van der Waals surface area contributed by atoms with Crippen LogP contribution in [0.25, 0.3) is 22.8 Å². The van der Waals surface area contributed by atoms with E-state index >= 15 is 0 Å². The number of carbonyl (C=O) groups excluding carboxylic acids is 1. The highest BCUT2D eigenvalue weighted by Gasteiger charge is 2.13. The highest BCUT2D eigenvalue weighted by molar-refractivity contribution is 5.78. The zero-order chi connectivity index (χ0) is 20.1. The molecule has 0 aliphatic carbocycles. The summed E-state index contributed by atoms with van der Waals surface area (Å²) in [5, 5.41) is 14.6. The Morgan fingerprint density at radius 2 is 1.86 bits per heavy atom. The largest absolute Gasteiger partial charge is 0.497 e. The number of rotatable bonds is 7. The van der Waals surface area contributed by atoms with Crippen molar-refractivity contribution in [2.75, 3.05) is 7.11 Å². The lowest BCUT2D eigenvalue weighted by molar-refractivity contribution is -0.120. The molecule has 0 radical (unpaired) electrons. The SMILES string of the molecule is COc1cccc(-c2cc(CC(=O)NCc3nnc(-c4ccccc4)o3)no2)c1. The van der Waals surface area contributed by atoms with Gasteiger partial charge >= 0.3 is 0 Å². The molecule has 8 heteroatoms. The van der Waals surface area contributed by atoms with E-state index < -0.39 is 0 Å². The molecular formula is C21H18N4O4. The second-order valence-electron chi connectivity index (χ2n) is 6.23. The van der Waals surface area contributed by atoms with Gasteiger partial charge in [0.25, 0.3) is 0 Å². The second-order valence-corrected chi connectivity index (χ2v) is 6.23. The van der Waals surface area contributed by atoms with Gasteiger partial charge in [-0.2, -0.15) is 0 Å². The molecule has 0 saturated heterocycles. The highest BCUT2D eigenvalue weighted by atomic mass is 16.5. The van der Waals surface area contributed by atoms with E-state index in [0.29, 0.717) is 29.0 Å². The summed E-state index contributed by atoms with van der Waals surface area (Å²) in [4.78, 5) is 12.2. The fraction of sp³-hybridized carbons (Fsp3) is 0.143. The van der Waals surface area contributed by atoms with E-state index in [-0.39, 0.29) is 18.9 Å². The van der Waals surface area contributed by atoms with E-state index in [1.54, 1.807) is 13.2 Å². The Morgan fingerprint density at radius 1 is 1.03 bits per heavy atom. The summed E-state index contributed by atoms with van der Waals surface area (Å²) in [6.45, 7) is 0.138. The molecule has 0 atom stereocenters. The van der Waals surface area contributed by atoms with Gasteiger partial charge in [-0.05, 0) is 24.3 Å². The van der Waals surface area contributed by atoms with Crippen molar-refractivity contribution in [2.24, 2.45) is 0 Å². The maximum absolute atomic E-state index is 12.2. The molecule has 0 fully saturated rings. The number of methoxy groups -OCH3 is 1. The first-order valence-electron chi connectivity index (χ1n) is 8.96. The van der Waals surface area contributed by atoms with Gasteiger partial charge in [0.15, 0.2) is 5.76 Å². The molecule has 2 aromatic carbocycles. The van der Waals surface area contributed by atoms with Crippen LogP contribution in [-0.4, -0.2) is 28.4 Å². The first-order valence-corrected chi connectivity index (χ1v) is 8.96. The Morgan fingerprint density at radius 3 is 2.69 bits per heavy atom. The van der Waals surface area contributed by atoms with E-state index in [1.807, 2.05) is 54.6 Å². The summed E-state index contributed by atoms with van der Waals surface area (Å²) in [5.41, 5.74) is 2.17. The molecule has 0 saturated carbocycles. The van der Waals surface area contributed by atoms with Gasteiger partial charge < -0.3 is 19.0 Å². The van der Waals surface area contributed by atoms with Crippen LogP contribution >= 0.6 is 0 Å². The van der Waals surface area contributed by atoms with Crippen molar-refractivity contribution in [3.63, 3.8) is 0 Å². The topological polar surface area (TPSA) is 103 Å². The summed E-state index contributed by atoms with van der Waals surface area (Å²) in [7, 11) is 1.60. The number of carbonyl (C=O) groups is 1. The molecular weight excluding hydrogens is 372 g/mol. The van der Waals surface area contributed by atoms with Crippen LogP contribution in [0.15, 0.2) is 69.6 Å². The maximum atomic E-state index is 12.2. The minimum Gasteiger partial charge on any atom is -0.497 e. The van der Waals surface area contributed by atoms with Crippen LogP contribution in [-0.2, 0) is 17.8 Å². The highest BCUT2D eigenvalue weighted by Crippen LogP contribution is 2.24. The molecule has 29 heavy (non-hydrogen) atoms. The van der Waals surface area contributed by atoms with Crippen LogP contribution < -0.4 is 10.1 Å². The molecule has 0 spiro atoms. The van der Waals surface area contributed by atoms with Crippen LogP contribution in [0.1, 0.15) is 11.6 Å². The first kappa shape index (κ1) is 18.4. The Hall–Kier alpha value is -3.94. The number of hydrogen-bond donors (Lipinski definition) is 1. The van der Waals surface area contributed by atoms with E-state index in [9.17, 15) is 4.79 Å².